The number of nitrogens with zero attached hydrogens (tertiary/aromatic N) is 2. The molecule has 0 unspecified atom stereocenters. The molecule has 7 heteroatoms. The fourth-order valence-electron chi connectivity index (χ4n) is 2.79. The summed E-state index contributed by atoms with van der Waals surface area (Å²) in [6, 6.07) is 14.6. The summed E-state index contributed by atoms with van der Waals surface area (Å²) in [5.41, 5.74) is 0.998. The number of benzene rings is 2. The van der Waals surface area contributed by atoms with Crippen LogP contribution in [0.15, 0.2) is 53.4 Å². The van der Waals surface area contributed by atoms with Gasteiger partial charge in [0, 0.05) is 13.1 Å². The summed E-state index contributed by atoms with van der Waals surface area (Å²) in [4.78, 5) is 12.4. The van der Waals surface area contributed by atoms with E-state index in [1.54, 1.807) is 24.3 Å². The highest BCUT2D eigenvalue weighted by Crippen LogP contribution is 2.22. The van der Waals surface area contributed by atoms with Crippen LogP contribution in [0.5, 0.6) is 5.75 Å². The number of carbonyl (C=O) groups excluding carboxylic acids is 1. The molecule has 0 amide bonds. The maximum absolute atomic E-state index is 12.6. The Hall–Kier alpha value is -2.69. The molecule has 0 aromatic heterocycles. The lowest BCUT2D eigenvalue weighted by atomic mass is 10.1. The number of nitriles is 1. The summed E-state index contributed by atoms with van der Waals surface area (Å²) < 4.78 is 32.0. The highest BCUT2D eigenvalue weighted by molar-refractivity contribution is 7.89. The maximum atomic E-state index is 12.6. The van der Waals surface area contributed by atoms with Gasteiger partial charge in [-0.25, -0.2) is 13.2 Å². The van der Waals surface area contributed by atoms with Crippen molar-refractivity contribution in [3.8, 4) is 11.8 Å². The predicted molar refractivity (Wildman–Crippen MR) is 95.2 cm³/mol. The van der Waals surface area contributed by atoms with E-state index in [0.29, 0.717) is 18.8 Å². The van der Waals surface area contributed by atoms with Crippen LogP contribution >= 0.6 is 0 Å². The SMILES string of the molecule is N#CCc1ccc(OC(=O)c2cccc(S(=O)(=O)N3CCCC3)c2)cc1. The molecule has 0 aliphatic carbocycles. The van der Waals surface area contributed by atoms with Crippen molar-refractivity contribution in [2.24, 2.45) is 0 Å². The summed E-state index contributed by atoms with van der Waals surface area (Å²) in [6.45, 7) is 1.01. The molecule has 134 valence electrons. The number of hydrogen-bond donors (Lipinski definition) is 0. The van der Waals surface area contributed by atoms with Gasteiger partial charge >= 0.3 is 5.97 Å². The molecule has 2 aromatic rings. The van der Waals surface area contributed by atoms with Crippen molar-refractivity contribution < 1.29 is 17.9 Å². The molecule has 1 saturated heterocycles. The Bertz CT molecular complexity index is 940. The molecule has 26 heavy (non-hydrogen) atoms. The third-order valence-electron chi connectivity index (χ3n) is 4.19. The van der Waals surface area contributed by atoms with Gasteiger partial charge in [0.1, 0.15) is 5.75 Å². The second kappa shape index (κ2) is 7.68. The van der Waals surface area contributed by atoms with E-state index in [0.717, 1.165) is 18.4 Å². The molecule has 0 atom stereocenters. The molecule has 0 saturated carbocycles. The van der Waals surface area contributed by atoms with E-state index in [9.17, 15) is 13.2 Å². The summed E-state index contributed by atoms with van der Waals surface area (Å²) >= 11 is 0. The Morgan fingerprint density at radius 2 is 1.81 bits per heavy atom. The second-order valence-electron chi connectivity index (χ2n) is 6.01. The highest BCUT2D eigenvalue weighted by Gasteiger charge is 2.27. The van der Waals surface area contributed by atoms with Crippen LogP contribution in [-0.4, -0.2) is 31.8 Å². The molecule has 0 N–H and O–H groups in total. The smallest absolute Gasteiger partial charge is 0.343 e. The number of sulfonamides is 1. The first-order valence-corrected chi connectivity index (χ1v) is 9.73. The van der Waals surface area contributed by atoms with E-state index in [1.165, 1.54) is 28.6 Å². The fourth-order valence-corrected chi connectivity index (χ4v) is 4.36. The molecule has 1 aliphatic heterocycles. The lowest BCUT2D eigenvalue weighted by molar-refractivity contribution is 0.0734. The van der Waals surface area contributed by atoms with Crippen LogP contribution in [0.4, 0.5) is 0 Å². The Kier molecular flexibility index (Phi) is 5.35. The van der Waals surface area contributed by atoms with Gasteiger partial charge in [0.2, 0.25) is 10.0 Å². The van der Waals surface area contributed by atoms with Gasteiger partial charge in [-0.05, 0) is 48.7 Å². The maximum Gasteiger partial charge on any atom is 0.343 e. The van der Waals surface area contributed by atoms with Gasteiger partial charge in [-0.3, -0.25) is 0 Å². The van der Waals surface area contributed by atoms with Crippen molar-refractivity contribution in [1.29, 1.82) is 5.26 Å². The van der Waals surface area contributed by atoms with E-state index in [1.807, 2.05) is 6.07 Å². The number of hydrogen-bond acceptors (Lipinski definition) is 5. The summed E-state index contributed by atoms with van der Waals surface area (Å²) in [5.74, 6) is -0.291. The van der Waals surface area contributed by atoms with Crippen molar-refractivity contribution in [2.75, 3.05) is 13.1 Å². The van der Waals surface area contributed by atoms with Crippen LogP contribution in [0.1, 0.15) is 28.8 Å². The van der Waals surface area contributed by atoms with E-state index in [2.05, 4.69) is 0 Å². The normalized spacial score (nSPS) is 14.7. The highest BCUT2D eigenvalue weighted by atomic mass is 32.2. The molecule has 1 fully saturated rings. The van der Waals surface area contributed by atoms with Gasteiger partial charge in [-0.15, -0.1) is 0 Å². The lowest BCUT2D eigenvalue weighted by Crippen LogP contribution is -2.28. The minimum absolute atomic E-state index is 0.0956. The van der Waals surface area contributed by atoms with Crippen LogP contribution in [0.3, 0.4) is 0 Å². The van der Waals surface area contributed by atoms with Crippen LogP contribution in [-0.2, 0) is 16.4 Å². The van der Waals surface area contributed by atoms with Crippen LogP contribution < -0.4 is 4.74 Å². The van der Waals surface area contributed by atoms with Crippen molar-refractivity contribution in [2.45, 2.75) is 24.2 Å². The summed E-state index contributed by atoms with van der Waals surface area (Å²) in [6.07, 6.45) is 1.98. The molecule has 0 spiro atoms. The van der Waals surface area contributed by atoms with Crippen molar-refractivity contribution >= 4 is 16.0 Å². The number of carbonyl (C=O) groups is 1. The quantitative estimate of drug-likeness (QED) is 0.596. The molecule has 2 aromatic carbocycles. The number of ether oxygens (including phenoxy) is 1. The average molecular weight is 370 g/mol. The fraction of sp³-hybridized carbons (Fsp3) is 0.263. The van der Waals surface area contributed by atoms with Gasteiger partial charge in [0.25, 0.3) is 0 Å². The molecule has 1 aliphatic rings. The minimum Gasteiger partial charge on any atom is -0.423 e. The van der Waals surface area contributed by atoms with Gasteiger partial charge in [-0.2, -0.15) is 9.57 Å². The zero-order valence-corrected chi connectivity index (χ0v) is 14.9. The Balaban J connectivity index is 1.77. The van der Waals surface area contributed by atoms with Crippen LogP contribution in [0.2, 0.25) is 0 Å². The van der Waals surface area contributed by atoms with Gasteiger partial charge in [-0.1, -0.05) is 18.2 Å². The number of esters is 1. The molecular formula is C19H18N2O4S. The molecule has 3 rings (SSSR count). The Morgan fingerprint density at radius 3 is 2.46 bits per heavy atom. The first kappa shape index (κ1) is 18.1. The molecule has 0 radical (unpaired) electrons. The molecular weight excluding hydrogens is 352 g/mol. The first-order valence-electron chi connectivity index (χ1n) is 8.29. The standard InChI is InChI=1S/C19H18N2O4S/c20-11-10-15-6-8-17(9-7-15)25-19(22)16-4-3-5-18(14-16)26(23,24)21-12-1-2-13-21/h3-9,14H,1-2,10,12-13H2. The van der Waals surface area contributed by atoms with Gasteiger partial charge < -0.3 is 4.74 Å². The zero-order chi connectivity index (χ0) is 18.6. The van der Waals surface area contributed by atoms with Gasteiger partial charge in [0.15, 0.2) is 0 Å². The zero-order valence-electron chi connectivity index (χ0n) is 14.1. The Morgan fingerprint density at radius 1 is 1.12 bits per heavy atom. The van der Waals surface area contributed by atoms with E-state index < -0.39 is 16.0 Å². The monoisotopic (exact) mass is 370 g/mol. The number of rotatable bonds is 5. The Labute approximate surface area is 152 Å². The largest absolute Gasteiger partial charge is 0.423 e. The van der Waals surface area contributed by atoms with Gasteiger partial charge in [0.05, 0.1) is 22.9 Å². The first-order chi connectivity index (χ1) is 12.5. The lowest BCUT2D eigenvalue weighted by Gasteiger charge is -2.15. The van der Waals surface area contributed by atoms with Crippen LogP contribution in [0, 0.1) is 11.3 Å². The summed E-state index contributed by atoms with van der Waals surface area (Å²) in [5, 5.41) is 8.67. The third kappa shape index (κ3) is 3.93. The van der Waals surface area contributed by atoms with E-state index >= 15 is 0 Å². The topological polar surface area (TPSA) is 87.5 Å². The van der Waals surface area contributed by atoms with Crippen molar-refractivity contribution in [3.05, 3.63) is 59.7 Å². The van der Waals surface area contributed by atoms with Crippen LogP contribution in [0.25, 0.3) is 0 Å². The molecule has 6 nitrogen and oxygen atoms in total. The minimum atomic E-state index is -3.58. The third-order valence-corrected chi connectivity index (χ3v) is 6.08. The van der Waals surface area contributed by atoms with Crippen molar-refractivity contribution in [1.82, 2.24) is 4.31 Å². The molecule has 0 bridgehead atoms. The summed E-state index contributed by atoms with van der Waals surface area (Å²) in [7, 11) is -3.58. The van der Waals surface area contributed by atoms with Crippen molar-refractivity contribution in [3.63, 3.8) is 0 Å². The molecule has 1 heterocycles. The van der Waals surface area contributed by atoms with E-state index in [-0.39, 0.29) is 16.9 Å². The second-order valence-corrected chi connectivity index (χ2v) is 7.95. The van der Waals surface area contributed by atoms with E-state index in [4.69, 9.17) is 10.00 Å². The average Bonchev–Trinajstić information content (AvgIpc) is 3.19. The predicted octanol–water partition coefficient (Wildman–Crippen LogP) is 2.76.